The lowest BCUT2D eigenvalue weighted by Gasteiger charge is -2.02. The zero-order chi connectivity index (χ0) is 9.97. The lowest BCUT2D eigenvalue weighted by Crippen LogP contribution is -2.03. The molecular formula is C10H14N4. The van der Waals surface area contributed by atoms with Gasteiger partial charge in [-0.1, -0.05) is 13.8 Å². The molecule has 0 aliphatic heterocycles. The number of hydrogen-bond acceptors (Lipinski definition) is 2. The summed E-state index contributed by atoms with van der Waals surface area (Å²) in [6.45, 7) is 5.30. The van der Waals surface area contributed by atoms with Gasteiger partial charge in [0.2, 0.25) is 0 Å². The molecule has 0 saturated carbocycles. The van der Waals surface area contributed by atoms with Crippen molar-refractivity contribution < 1.29 is 0 Å². The number of hydrogen-bond donors (Lipinski definition) is 1. The fourth-order valence-corrected chi connectivity index (χ4v) is 1.39. The Labute approximate surface area is 83.0 Å². The van der Waals surface area contributed by atoms with E-state index in [1.54, 1.807) is 6.33 Å². The molecule has 4 nitrogen and oxygen atoms in total. The highest BCUT2D eigenvalue weighted by Gasteiger charge is 2.03. The van der Waals surface area contributed by atoms with E-state index in [0.29, 0.717) is 5.92 Å². The Morgan fingerprint density at radius 1 is 1.50 bits per heavy atom. The molecule has 0 spiro atoms. The molecular weight excluding hydrogens is 176 g/mol. The summed E-state index contributed by atoms with van der Waals surface area (Å²) in [7, 11) is 0. The van der Waals surface area contributed by atoms with Gasteiger partial charge < -0.3 is 4.98 Å². The Morgan fingerprint density at radius 2 is 2.36 bits per heavy atom. The number of rotatable bonds is 3. The van der Waals surface area contributed by atoms with Gasteiger partial charge in [0.1, 0.15) is 0 Å². The lowest BCUT2D eigenvalue weighted by atomic mass is 10.2. The van der Waals surface area contributed by atoms with Crippen molar-refractivity contribution in [1.29, 1.82) is 0 Å². The van der Waals surface area contributed by atoms with Crippen molar-refractivity contribution in [2.75, 3.05) is 0 Å². The van der Waals surface area contributed by atoms with Crippen molar-refractivity contribution in [3.63, 3.8) is 0 Å². The van der Waals surface area contributed by atoms with Gasteiger partial charge in [0.25, 0.3) is 0 Å². The number of nitrogens with zero attached hydrogens (tertiary/aromatic N) is 3. The molecule has 0 aliphatic rings. The normalized spacial score (nSPS) is 11.1. The molecule has 74 valence electrons. The molecule has 0 unspecified atom stereocenters. The highest BCUT2D eigenvalue weighted by atomic mass is 15.3. The second-order valence-corrected chi connectivity index (χ2v) is 3.80. The maximum absolute atomic E-state index is 4.28. The second kappa shape index (κ2) is 3.65. The van der Waals surface area contributed by atoms with E-state index in [9.17, 15) is 0 Å². The van der Waals surface area contributed by atoms with Crippen LogP contribution in [0.5, 0.6) is 0 Å². The Bertz CT molecular complexity index is 386. The Kier molecular flexibility index (Phi) is 2.35. The van der Waals surface area contributed by atoms with Crippen molar-refractivity contribution in [3.8, 4) is 11.3 Å². The first-order valence-electron chi connectivity index (χ1n) is 4.77. The first-order valence-corrected chi connectivity index (χ1v) is 4.77. The van der Waals surface area contributed by atoms with Crippen LogP contribution < -0.4 is 0 Å². The van der Waals surface area contributed by atoms with Crippen molar-refractivity contribution >= 4 is 0 Å². The largest absolute Gasteiger partial charge is 0.351 e. The molecule has 0 aromatic carbocycles. The summed E-state index contributed by atoms with van der Waals surface area (Å²) in [6.07, 6.45) is 7.42. The van der Waals surface area contributed by atoms with Crippen LogP contribution in [0.4, 0.5) is 0 Å². The minimum Gasteiger partial charge on any atom is -0.351 e. The predicted molar refractivity (Wildman–Crippen MR) is 54.6 cm³/mol. The maximum atomic E-state index is 4.28. The lowest BCUT2D eigenvalue weighted by molar-refractivity contribution is 0.483. The van der Waals surface area contributed by atoms with Crippen LogP contribution in [-0.4, -0.2) is 19.7 Å². The molecule has 1 N–H and O–H groups in total. The fourth-order valence-electron chi connectivity index (χ4n) is 1.39. The Balaban J connectivity index is 2.18. The SMILES string of the molecule is CC(C)Cn1cc(-c2c[nH]cn2)cn1. The third-order valence-electron chi connectivity index (χ3n) is 1.98. The van der Waals surface area contributed by atoms with Gasteiger partial charge in [0, 0.05) is 24.5 Å². The molecule has 0 saturated heterocycles. The van der Waals surface area contributed by atoms with Crippen LogP contribution in [0.1, 0.15) is 13.8 Å². The van der Waals surface area contributed by atoms with Crippen molar-refractivity contribution in [3.05, 3.63) is 24.9 Å². The van der Waals surface area contributed by atoms with E-state index in [2.05, 4.69) is 28.9 Å². The molecule has 2 rings (SSSR count). The van der Waals surface area contributed by atoms with Crippen LogP contribution in [-0.2, 0) is 6.54 Å². The van der Waals surface area contributed by atoms with Gasteiger partial charge in [0.15, 0.2) is 0 Å². The molecule has 0 amide bonds. The summed E-state index contributed by atoms with van der Waals surface area (Å²) in [6, 6.07) is 0. The Morgan fingerprint density at radius 3 is 3.00 bits per heavy atom. The van der Waals surface area contributed by atoms with Crippen molar-refractivity contribution in [2.45, 2.75) is 20.4 Å². The number of nitrogens with one attached hydrogen (secondary N) is 1. The standard InChI is InChI=1S/C10H14N4/c1-8(2)5-14-6-9(3-13-14)10-4-11-7-12-10/h3-4,6-8H,5H2,1-2H3,(H,11,12). The minimum atomic E-state index is 0.613. The van der Waals surface area contributed by atoms with Gasteiger partial charge in [-0.15, -0.1) is 0 Å². The smallest absolute Gasteiger partial charge is 0.0927 e. The third kappa shape index (κ3) is 1.84. The van der Waals surface area contributed by atoms with E-state index in [1.807, 2.05) is 23.3 Å². The fraction of sp³-hybridized carbons (Fsp3) is 0.400. The van der Waals surface area contributed by atoms with Gasteiger partial charge in [-0.25, -0.2) is 4.98 Å². The number of aromatic amines is 1. The molecule has 2 aromatic rings. The average Bonchev–Trinajstić information content (AvgIpc) is 2.69. The highest BCUT2D eigenvalue weighted by Crippen LogP contribution is 2.14. The van der Waals surface area contributed by atoms with E-state index in [4.69, 9.17) is 0 Å². The van der Waals surface area contributed by atoms with E-state index in [-0.39, 0.29) is 0 Å². The molecule has 0 radical (unpaired) electrons. The van der Waals surface area contributed by atoms with Crippen LogP contribution in [0, 0.1) is 5.92 Å². The van der Waals surface area contributed by atoms with Crippen LogP contribution in [0.3, 0.4) is 0 Å². The molecule has 2 heterocycles. The van der Waals surface area contributed by atoms with Gasteiger partial charge in [-0.3, -0.25) is 4.68 Å². The highest BCUT2D eigenvalue weighted by molar-refractivity contribution is 5.55. The number of H-pyrrole nitrogens is 1. The summed E-state index contributed by atoms with van der Waals surface area (Å²) in [5.41, 5.74) is 2.01. The van der Waals surface area contributed by atoms with Crippen LogP contribution >= 0.6 is 0 Å². The van der Waals surface area contributed by atoms with Gasteiger partial charge in [0.05, 0.1) is 18.2 Å². The van der Waals surface area contributed by atoms with Crippen LogP contribution in [0.25, 0.3) is 11.3 Å². The maximum Gasteiger partial charge on any atom is 0.0927 e. The summed E-state index contributed by atoms with van der Waals surface area (Å²) >= 11 is 0. The van der Waals surface area contributed by atoms with E-state index >= 15 is 0 Å². The zero-order valence-corrected chi connectivity index (χ0v) is 8.44. The third-order valence-corrected chi connectivity index (χ3v) is 1.98. The molecule has 2 aromatic heterocycles. The average molecular weight is 190 g/mol. The monoisotopic (exact) mass is 190 g/mol. The summed E-state index contributed by atoms with van der Waals surface area (Å²) in [5, 5.41) is 4.28. The van der Waals surface area contributed by atoms with Gasteiger partial charge in [-0.05, 0) is 5.92 Å². The van der Waals surface area contributed by atoms with Crippen LogP contribution in [0.15, 0.2) is 24.9 Å². The first-order chi connectivity index (χ1) is 6.75. The zero-order valence-electron chi connectivity index (χ0n) is 8.44. The summed E-state index contributed by atoms with van der Waals surface area (Å²) in [4.78, 5) is 7.10. The van der Waals surface area contributed by atoms with Crippen molar-refractivity contribution in [2.24, 2.45) is 5.92 Å². The minimum absolute atomic E-state index is 0.613. The summed E-state index contributed by atoms with van der Waals surface area (Å²) < 4.78 is 1.95. The predicted octanol–water partition coefficient (Wildman–Crippen LogP) is 1.93. The van der Waals surface area contributed by atoms with Crippen molar-refractivity contribution in [1.82, 2.24) is 19.7 Å². The molecule has 0 atom stereocenters. The molecule has 0 aliphatic carbocycles. The first kappa shape index (κ1) is 8.99. The van der Waals surface area contributed by atoms with E-state index < -0.39 is 0 Å². The molecule has 4 heteroatoms. The molecule has 0 fully saturated rings. The second-order valence-electron chi connectivity index (χ2n) is 3.80. The molecule has 14 heavy (non-hydrogen) atoms. The number of aromatic nitrogens is 4. The van der Waals surface area contributed by atoms with Gasteiger partial charge >= 0.3 is 0 Å². The van der Waals surface area contributed by atoms with Crippen LogP contribution in [0.2, 0.25) is 0 Å². The summed E-state index contributed by atoms with van der Waals surface area (Å²) in [5.74, 6) is 0.613. The quantitative estimate of drug-likeness (QED) is 0.803. The topological polar surface area (TPSA) is 46.5 Å². The Hall–Kier alpha value is -1.58. The molecule has 0 bridgehead atoms. The van der Waals surface area contributed by atoms with E-state index in [0.717, 1.165) is 17.8 Å². The van der Waals surface area contributed by atoms with Gasteiger partial charge in [-0.2, -0.15) is 5.10 Å². The van der Waals surface area contributed by atoms with E-state index in [1.165, 1.54) is 0 Å². The number of imidazole rings is 1.